The van der Waals surface area contributed by atoms with E-state index in [9.17, 15) is 9.59 Å². The van der Waals surface area contributed by atoms with Crippen LogP contribution in [0.4, 0.5) is 5.69 Å². The highest BCUT2D eigenvalue weighted by atomic mass is 16.3. The van der Waals surface area contributed by atoms with Gasteiger partial charge in [-0.3, -0.25) is 9.59 Å². The molecule has 1 aliphatic carbocycles. The third kappa shape index (κ3) is 4.74. The SMILES string of the molecule is Cn1ccc2cc(NC(=O)C3(N(Cc4ccco4)C(=O)Cc4ccccc4)CCCCC3)ccc21. The molecule has 0 unspecified atom stereocenters. The van der Waals surface area contributed by atoms with E-state index in [-0.39, 0.29) is 24.8 Å². The predicted octanol–water partition coefficient (Wildman–Crippen LogP) is 5.68. The van der Waals surface area contributed by atoms with Crippen LogP contribution in [0, 0.1) is 0 Å². The number of carbonyl (C=O) groups is 2. The Morgan fingerprint density at radius 1 is 1.00 bits per heavy atom. The molecule has 35 heavy (non-hydrogen) atoms. The molecule has 0 bridgehead atoms. The summed E-state index contributed by atoms with van der Waals surface area (Å²) in [7, 11) is 2.00. The largest absolute Gasteiger partial charge is 0.467 e. The quantitative estimate of drug-likeness (QED) is 0.378. The second-order valence-electron chi connectivity index (χ2n) is 9.47. The van der Waals surface area contributed by atoms with Gasteiger partial charge in [-0.25, -0.2) is 0 Å². The van der Waals surface area contributed by atoms with Gasteiger partial charge < -0.3 is 19.2 Å². The van der Waals surface area contributed by atoms with E-state index in [1.165, 1.54) is 0 Å². The average Bonchev–Trinajstić information content (AvgIpc) is 3.53. The summed E-state index contributed by atoms with van der Waals surface area (Å²) < 4.78 is 7.67. The van der Waals surface area contributed by atoms with E-state index in [0.29, 0.717) is 18.6 Å². The number of nitrogens with zero attached hydrogens (tertiary/aromatic N) is 2. The smallest absolute Gasteiger partial charge is 0.250 e. The maximum atomic E-state index is 14.0. The number of nitrogens with one attached hydrogen (secondary N) is 1. The summed E-state index contributed by atoms with van der Waals surface area (Å²) in [4.78, 5) is 29.6. The van der Waals surface area contributed by atoms with Gasteiger partial charge in [-0.1, -0.05) is 49.6 Å². The van der Waals surface area contributed by atoms with Crippen molar-refractivity contribution >= 4 is 28.4 Å². The number of carbonyl (C=O) groups excluding carboxylic acids is 2. The Morgan fingerprint density at radius 2 is 1.80 bits per heavy atom. The second-order valence-corrected chi connectivity index (χ2v) is 9.47. The van der Waals surface area contributed by atoms with Crippen molar-refractivity contribution in [2.45, 2.75) is 50.6 Å². The van der Waals surface area contributed by atoms with Crippen molar-refractivity contribution in [1.29, 1.82) is 0 Å². The first-order chi connectivity index (χ1) is 17.0. The van der Waals surface area contributed by atoms with E-state index in [4.69, 9.17) is 4.42 Å². The van der Waals surface area contributed by atoms with Gasteiger partial charge in [0.2, 0.25) is 11.8 Å². The fourth-order valence-corrected chi connectivity index (χ4v) is 5.27. The maximum absolute atomic E-state index is 14.0. The number of aryl methyl sites for hydroxylation is 1. The highest BCUT2D eigenvalue weighted by Crippen LogP contribution is 2.37. The van der Waals surface area contributed by atoms with Crippen molar-refractivity contribution in [2.24, 2.45) is 7.05 Å². The molecule has 0 spiro atoms. The number of rotatable bonds is 7. The number of fused-ring (bicyclic) bond motifs is 1. The first-order valence-electron chi connectivity index (χ1n) is 12.3. The summed E-state index contributed by atoms with van der Waals surface area (Å²) in [6.45, 7) is 0.268. The maximum Gasteiger partial charge on any atom is 0.250 e. The zero-order valence-electron chi connectivity index (χ0n) is 20.1. The van der Waals surface area contributed by atoms with Crippen LogP contribution in [0.2, 0.25) is 0 Å². The Bertz CT molecular complexity index is 1300. The Morgan fingerprint density at radius 3 is 2.54 bits per heavy atom. The van der Waals surface area contributed by atoms with Crippen LogP contribution in [0.15, 0.2) is 83.6 Å². The third-order valence-corrected chi connectivity index (χ3v) is 7.16. The number of furan rings is 1. The summed E-state index contributed by atoms with van der Waals surface area (Å²) in [5.74, 6) is 0.485. The first kappa shape index (κ1) is 23.0. The molecule has 2 heterocycles. The Kier molecular flexibility index (Phi) is 6.45. The molecule has 1 fully saturated rings. The molecule has 0 radical (unpaired) electrons. The summed E-state index contributed by atoms with van der Waals surface area (Å²) >= 11 is 0. The molecule has 2 aromatic carbocycles. The van der Waals surface area contributed by atoms with Crippen LogP contribution >= 0.6 is 0 Å². The summed E-state index contributed by atoms with van der Waals surface area (Å²) in [5, 5.41) is 4.23. The Hall–Kier alpha value is -3.80. The first-order valence-corrected chi connectivity index (χ1v) is 12.3. The molecule has 0 saturated heterocycles. The van der Waals surface area contributed by atoms with E-state index in [2.05, 4.69) is 9.88 Å². The number of aromatic nitrogens is 1. The monoisotopic (exact) mass is 469 g/mol. The van der Waals surface area contributed by atoms with Gasteiger partial charge in [0.05, 0.1) is 19.2 Å². The molecule has 1 saturated carbocycles. The van der Waals surface area contributed by atoms with E-state index >= 15 is 0 Å². The molecular formula is C29H31N3O3. The molecule has 1 aliphatic rings. The number of hydrogen-bond acceptors (Lipinski definition) is 3. The van der Waals surface area contributed by atoms with Gasteiger partial charge in [0.15, 0.2) is 0 Å². The van der Waals surface area contributed by atoms with Gasteiger partial charge in [-0.2, -0.15) is 0 Å². The summed E-state index contributed by atoms with van der Waals surface area (Å²) in [6, 6.07) is 21.4. The lowest BCUT2D eigenvalue weighted by Gasteiger charge is -2.45. The molecule has 1 N–H and O–H groups in total. The van der Waals surface area contributed by atoms with Crippen molar-refractivity contribution < 1.29 is 14.0 Å². The zero-order valence-corrected chi connectivity index (χ0v) is 20.1. The molecule has 180 valence electrons. The van der Waals surface area contributed by atoms with Crippen LogP contribution in [0.5, 0.6) is 0 Å². The highest BCUT2D eigenvalue weighted by molar-refractivity contribution is 6.02. The third-order valence-electron chi connectivity index (χ3n) is 7.16. The predicted molar refractivity (Wildman–Crippen MR) is 137 cm³/mol. The lowest BCUT2D eigenvalue weighted by Crippen LogP contribution is -2.60. The minimum atomic E-state index is -0.928. The van der Waals surface area contributed by atoms with Crippen molar-refractivity contribution in [3.8, 4) is 0 Å². The van der Waals surface area contributed by atoms with Crippen LogP contribution in [-0.4, -0.2) is 26.8 Å². The molecule has 5 rings (SSSR count). The minimum Gasteiger partial charge on any atom is -0.467 e. The normalized spacial score (nSPS) is 15.1. The molecular weight excluding hydrogens is 438 g/mol. The van der Waals surface area contributed by atoms with Crippen LogP contribution < -0.4 is 5.32 Å². The van der Waals surface area contributed by atoms with E-state index < -0.39 is 5.54 Å². The summed E-state index contributed by atoms with van der Waals surface area (Å²) in [6.07, 6.45) is 7.99. The fraction of sp³-hybridized carbons (Fsp3) is 0.310. The van der Waals surface area contributed by atoms with Gasteiger partial charge in [0, 0.05) is 29.8 Å². The average molecular weight is 470 g/mol. The molecule has 4 aromatic rings. The number of anilines is 1. The van der Waals surface area contributed by atoms with Gasteiger partial charge in [0.1, 0.15) is 11.3 Å². The Labute approximate surface area is 205 Å². The van der Waals surface area contributed by atoms with Crippen molar-refractivity contribution in [1.82, 2.24) is 9.47 Å². The van der Waals surface area contributed by atoms with Gasteiger partial charge in [-0.05, 0) is 54.8 Å². The van der Waals surface area contributed by atoms with Crippen molar-refractivity contribution in [3.05, 3.63) is 90.5 Å². The lowest BCUT2D eigenvalue weighted by molar-refractivity contribution is -0.148. The van der Waals surface area contributed by atoms with Crippen LogP contribution in [0.1, 0.15) is 43.4 Å². The molecule has 0 atom stereocenters. The molecule has 6 nitrogen and oxygen atoms in total. The minimum absolute atomic E-state index is 0.0665. The molecule has 6 heteroatoms. The van der Waals surface area contributed by atoms with Crippen LogP contribution in [0.3, 0.4) is 0 Å². The number of amides is 2. The Balaban J connectivity index is 1.48. The zero-order chi connectivity index (χ0) is 24.3. The van der Waals surface area contributed by atoms with Crippen LogP contribution in [-0.2, 0) is 29.6 Å². The van der Waals surface area contributed by atoms with E-state index in [1.807, 2.05) is 80.0 Å². The number of benzene rings is 2. The highest BCUT2D eigenvalue weighted by Gasteiger charge is 2.47. The standard InChI is InChI=1S/C29H31N3O3/c1-31-17-14-23-20-24(12-13-26(23)31)30-28(34)29(15-6-3-7-16-29)32(21-25-11-8-18-35-25)27(33)19-22-9-4-2-5-10-22/h2,4-5,8-14,17-18,20H,3,6-7,15-16,19,21H2,1H3,(H,30,34). The van der Waals surface area contributed by atoms with E-state index in [0.717, 1.165) is 41.4 Å². The van der Waals surface area contributed by atoms with Gasteiger partial charge in [0.25, 0.3) is 0 Å². The van der Waals surface area contributed by atoms with Crippen molar-refractivity contribution in [3.63, 3.8) is 0 Å². The van der Waals surface area contributed by atoms with E-state index in [1.54, 1.807) is 11.2 Å². The van der Waals surface area contributed by atoms with Crippen LogP contribution in [0.25, 0.3) is 10.9 Å². The number of hydrogen-bond donors (Lipinski definition) is 1. The molecule has 0 aliphatic heterocycles. The molecule has 2 aromatic heterocycles. The lowest BCUT2D eigenvalue weighted by atomic mass is 9.78. The topological polar surface area (TPSA) is 67.5 Å². The van der Waals surface area contributed by atoms with Gasteiger partial charge in [-0.15, -0.1) is 0 Å². The van der Waals surface area contributed by atoms with Crippen molar-refractivity contribution in [2.75, 3.05) is 5.32 Å². The second kappa shape index (κ2) is 9.82. The van der Waals surface area contributed by atoms with Gasteiger partial charge >= 0.3 is 0 Å². The summed E-state index contributed by atoms with van der Waals surface area (Å²) in [5.41, 5.74) is 1.85. The fourth-order valence-electron chi connectivity index (χ4n) is 5.27. The molecule has 2 amide bonds.